The van der Waals surface area contributed by atoms with Crippen LogP contribution in [0.3, 0.4) is 0 Å². The fourth-order valence-corrected chi connectivity index (χ4v) is 2.27. The van der Waals surface area contributed by atoms with Crippen molar-refractivity contribution >= 4 is 0 Å². The number of aromatic nitrogens is 1. The number of benzene rings is 1. The summed E-state index contributed by atoms with van der Waals surface area (Å²) >= 11 is 0. The van der Waals surface area contributed by atoms with Crippen molar-refractivity contribution in [3.63, 3.8) is 0 Å². The molecular formula is C17H23FN2. The summed E-state index contributed by atoms with van der Waals surface area (Å²) in [7, 11) is 0. The number of rotatable bonds is 8. The smallest absolute Gasteiger partial charge is 0.123 e. The van der Waals surface area contributed by atoms with Crippen LogP contribution in [0, 0.1) is 5.82 Å². The molecule has 0 aliphatic rings. The van der Waals surface area contributed by atoms with Gasteiger partial charge in [0.15, 0.2) is 0 Å². The number of hydrogen-bond donors (Lipinski definition) is 1. The van der Waals surface area contributed by atoms with Crippen molar-refractivity contribution < 1.29 is 4.39 Å². The second-order valence-electron chi connectivity index (χ2n) is 5.14. The van der Waals surface area contributed by atoms with Gasteiger partial charge in [-0.25, -0.2) is 4.39 Å². The summed E-state index contributed by atoms with van der Waals surface area (Å²) < 4.78 is 15.1. The van der Waals surface area contributed by atoms with Crippen molar-refractivity contribution in [1.82, 2.24) is 9.88 Å². The van der Waals surface area contributed by atoms with Gasteiger partial charge in [-0.2, -0.15) is 0 Å². The molecule has 0 amide bonds. The molecule has 0 saturated carbocycles. The summed E-state index contributed by atoms with van der Waals surface area (Å²) in [5.74, 6) is -0.181. The van der Waals surface area contributed by atoms with Crippen LogP contribution in [-0.4, -0.2) is 11.1 Å². The van der Waals surface area contributed by atoms with Crippen molar-refractivity contribution in [2.75, 3.05) is 6.54 Å². The minimum Gasteiger partial charge on any atom is -0.346 e. The molecular weight excluding hydrogens is 251 g/mol. The molecule has 108 valence electrons. The zero-order valence-corrected chi connectivity index (χ0v) is 12.1. The first-order chi connectivity index (χ1) is 9.79. The molecule has 0 aliphatic heterocycles. The van der Waals surface area contributed by atoms with Gasteiger partial charge in [0, 0.05) is 25.0 Å². The Hall–Kier alpha value is -1.61. The molecule has 0 spiro atoms. The van der Waals surface area contributed by atoms with Crippen LogP contribution in [0.15, 0.2) is 42.6 Å². The third-order valence-corrected chi connectivity index (χ3v) is 3.45. The zero-order chi connectivity index (χ0) is 14.2. The molecule has 2 nitrogen and oxygen atoms in total. The van der Waals surface area contributed by atoms with E-state index in [2.05, 4.69) is 35.1 Å². The molecule has 1 heterocycles. The Morgan fingerprint density at radius 2 is 1.90 bits per heavy atom. The highest BCUT2D eigenvalue weighted by Crippen LogP contribution is 2.09. The van der Waals surface area contributed by atoms with Gasteiger partial charge in [-0.3, -0.25) is 0 Å². The van der Waals surface area contributed by atoms with E-state index in [9.17, 15) is 4.39 Å². The lowest BCUT2D eigenvalue weighted by atomic mass is 10.2. The predicted octanol–water partition coefficient (Wildman–Crippen LogP) is 3.96. The minimum atomic E-state index is -0.181. The SMILES string of the molecule is CCCCCNCc1cccn1Cc1ccc(F)cc1. The number of nitrogens with zero attached hydrogens (tertiary/aromatic N) is 1. The largest absolute Gasteiger partial charge is 0.346 e. The quantitative estimate of drug-likeness (QED) is 0.721. The molecule has 20 heavy (non-hydrogen) atoms. The van der Waals surface area contributed by atoms with Gasteiger partial charge in [0.1, 0.15) is 5.82 Å². The molecule has 0 fully saturated rings. The Kier molecular flexibility index (Phi) is 5.81. The van der Waals surface area contributed by atoms with E-state index in [-0.39, 0.29) is 5.82 Å². The van der Waals surface area contributed by atoms with Crippen LogP contribution in [-0.2, 0) is 13.1 Å². The van der Waals surface area contributed by atoms with Crippen LogP contribution < -0.4 is 5.32 Å². The maximum atomic E-state index is 12.9. The maximum Gasteiger partial charge on any atom is 0.123 e. The molecule has 1 N–H and O–H groups in total. The Bertz CT molecular complexity index is 502. The molecule has 0 radical (unpaired) electrons. The van der Waals surface area contributed by atoms with E-state index in [0.29, 0.717) is 0 Å². The van der Waals surface area contributed by atoms with Crippen molar-refractivity contribution in [1.29, 1.82) is 0 Å². The first-order valence-corrected chi connectivity index (χ1v) is 7.39. The zero-order valence-electron chi connectivity index (χ0n) is 12.1. The highest BCUT2D eigenvalue weighted by atomic mass is 19.1. The monoisotopic (exact) mass is 274 g/mol. The van der Waals surface area contributed by atoms with Gasteiger partial charge in [-0.1, -0.05) is 31.9 Å². The lowest BCUT2D eigenvalue weighted by molar-refractivity contribution is 0.593. The summed E-state index contributed by atoms with van der Waals surface area (Å²) in [5.41, 5.74) is 2.39. The van der Waals surface area contributed by atoms with E-state index in [4.69, 9.17) is 0 Å². The third-order valence-electron chi connectivity index (χ3n) is 3.45. The fourth-order valence-electron chi connectivity index (χ4n) is 2.27. The van der Waals surface area contributed by atoms with Gasteiger partial charge in [-0.15, -0.1) is 0 Å². The van der Waals surface area contributed by atoms with Crippen molar-refractivity contribution in [2.45, 2.75) is 39.3 Å². The molecule has 0 aliphatic carbocycles. The topological polar surface area (TPSA) is 17.0 Å². The molecule has 0 unspecified atom stereocenters. The maximum absolute atomic E-state index is 12.9. The van der Waals surface area contributed by atoms with Crippen molar-refractivity contribution in [3.05, 3.63) is 59.7 Å². The molecule has 0 atom stereocenters. The number of hydrogen-bond acceptors (Lipinski definition) is 1. The Balaban J connectivity index is 1.86. The predicted molar refractivity (Wildman–Crippen MR) is 81.2 cm³/mol. The van der Waals surface area contributed by atoms with Gasteiger partial charge in [0.2, 0.25) is 0 Å². The average molecular weight is 274 g/mol. The first-order valence-electron chi connectivity index (χ1n) is 7.39. The molecule has 3 heteroatoms. The summed E-state index contributed by atoms with van der Waals surface area (Å²) in [6.45, 7) is 4.96. The average Bonchev–Trinajstić information content (AvgIpc) is 2.89. The first kappa shape index (κ1) is 14.8. The Morgan fingerprint density at radius 3 is 2.65 bits per heavy atom. The van der Waals surface area contributed by atoms with Gasteiger partial charge < -0.3 is 9.88 Å². The molecule has 1 aromatic carbocycles. The summed E-state index contributed by atoms with van der Waals surface area (Å²) in [6, 6.07) is 10.9. The molecule has 0 bridgehead atoms. The van der Waals surface area contributed by atoms with Crippen LogP contribution >= 0.6 is 0 Å². The fraction of sp³-hybridized carbons (Fsp3) is 0.412. The van der Waals surface area contributed by atoms with Crippen LogP contribution in [0.1, 0.15) is 37.4 Å². The van der Waals surface area contributed by atoms with E-state index < -0.39 is 0 Å². The van der Waals surface area contributed by atoms with Crippen molar-refractivity contribution in [2.24, 2.45) is 0 Å². The van der Waals surface area contributed by atoms with Crippen LogP contribution in [0.25, 0.3) is 0 Å². The second-order valence-corrected chi connectivity index (χ2v) is 5.14. The molecule has 2 rings (SSSR count). The van der Waals surface area contributed by atoms with E-state index in [0.717, 1.165) is 25.2 Å². The van der Waals surface area contributed by atoms with E-state index in [1.54, 1.807) is 0 Å². The summed E-state index contributed by atoms with van der Waals surface area (Å²) in [6.07, 6.45) is 5.84. The molecule has 2 aromatic rings. The van der Waals surface area contributed by atoms with Crippen LogP contribution in [0.5, 0.6) is 0 Å². The minimum absolute atomic E-state index is 0.181. The summed E-state index contributed by atoms with van der Waals surface area (Å²) in [4.78, 5) is 0. The molecule has 0 saturated heterocycles. The Morgan fingerprint density at radius 1 is 1.10 bits per heavy atom. The highest BCUT2D eigenvalue weighted by Gasteiger charge is 2.02. The van der Waals surface area contributed by atoms with E-state index in [1.807, 2.05) is 12.1 Å². The number of nitrogens with one attached hydrogen (secondary N) is 1. The van der Waals surface area contributed by atoms with Gasteiger partial charge in [0.25, 0.3) is 0 Å². The molecule has 1 aromatic heterocycles. The van der Waals surface area contributed by atoms with Crippen LogP contribution in [0.2, 0.25) is 0 Å². The van der Waals surface area contributed by atoms with E-state index in [1.165, 1.54) is 37.1 Å². The normalized spacial score (nSPS) is 10.9. The van der Waals surface area contributed by atoms with Crippen LogP contribution in [0.4, 0.5) is 4.39 Å². The highest BCUT2D eigenvalue weighted by molar-refractivity contribution is 5.18. The van der Waals surface area contributed by atoms with Crippen molar-refractivity contribution in [3.8, 4) is 0 Å². The van der Waals surface area contributed by atoms with Gasteiger partial charge in [-0.05, 0) is 42.8 Å². The lowest BCUT2D eigenvalue weighted by Gasteiger charge is -2.10. The standard InChI is InChI=1S/C17H23FN2/c1-2-3-4-11-19-13-17-6-5-12-20(17)14-15-7-9-16(18)10-8-15/h5-10,12,19H,2-4,11,13-14H2,1H3. The van der Waals surface area contributed by atoms with E-state index >= 15 is 0 Å². The number of halogens is 1. The van der Waals surface area contributed by atoms with Gasteiger partial charge >= 0.3 is 0 Å². The van der Waals surface area contributed by atoms with Gasteiger partial charge in [0.05, 0.1) is 0 Å². The Labute approximate surface area is 120 Å². The third kappa shape index (κ3) is 4.49. The number of unbranched alkanes of at least 4 members (excludes halogenated alkanes) is 2. The second kappa shape index (κ2) is 7.85. The lowest BCUT2D eigenvalue weighted by Crippen LogP contribution is -2.17. The summed E-state index contributed by atoms with van der Waals surface area (Å²) in [5, 5.41) is 3.48.